The van der Waals surface area contributed by atoms with Crippen LogP contribution in [0.5, 0.6) is 23.0 Å². The number of aromatic hydroxyl groups is 2. The van der Waals surface area contributed by atoms with E-state index in [-0.39, 0.29) is 34.1 Å². The van der Waals surface area contributed by atoms with E-state index in [0.29, 0.717) is 11.1 Å². The molecule has 0 saturated carbocycles. The lowest BCUT2D eigenvalue weighted by atomic mass is 9.97. The zero-order chi connectivity index (χ0) is 20.8. The highest BCUT2D eigenvalue weighted by Gasteiger charge is 2.18. The van der Waals surface area contributed by atoms with Gasteiger partial charge in [-0.1, -0.05) is 0 Å². The van der Waals surface area contributed by atoms with E-state index in [9.17, 15) is 19.8 Å². The van der Waals surface area contributed by atoms with Gasteiger partial charge in [0.15, 0.2) is 23.0 Å². The van der Waals surface area contributed by atoms with Crippen molar-refractivity contribution >= 4 is 24.1 Å². The van der Waals surface area contributed by atoms with Gasteiger partial charge in [-0.05, 0) is 47.5 Å². The van der Waals surface area contributed by atoms with Crippen LogP contribution in [0.1, 0.15) is 11.1 Å². The second-order valence-corrected chi connectivity index (χ2v) is 5.58. The van der Waals surface area contributed by atoms with Gasteiger partial charge in [0.1, 0.15) is 0 Å². The number of carbonyl (C=O) groups is 2. The third-order valence-electron chi connectivity index (χ3n) is 3.76. The van der Waals surface area contributed by atoms with Crippen LogP contribution in [0.25, 0.3) is 23.3 Å². The molecule has 8 nitrogen and oxygen atoms in total. The molecular weight excluding hydrogens is 368 g/mol. The van der Waals surface area contributed by atoms with Crippen molar-refractivity contribution in [2.75, 3.05) is 14.2 Å². The zero-order valence-electron chi connectivity index (χ0n) is 15.0. The van der Waals surface area contributed by atoms with Crippen molar-refractivity contribution < 1.29 is 39.5 Å². The number of carboxylic acids is 2. The summed E-state index contributed by atoms with van der Waals surface area (Å²) in [6, 6.07) is 5.77. The molecular formula is C20H18O8. The second kappa shape index (κ2) is 8.63. The molecule has 0 saturated heterocycles. The predicted molar refractivity (Wildman–Crippen MR) is 102 cm³/mol. The standard InChI is InChI=1S/C20H18O8/c1-27-15-9-11(3-5-17(21)22)7-13(19(15)25)14-8-12(4-6-18(23)24)10-16(28-2)20(14)26/h3-10,25-26H,1-2H3,(H,21,22)(H,23,24). The molecule has 0 aliphatic rings. The Morgan fingerprint density at radius 1 is 0.750 bits per heavy atom. The third-order valence-corrected chi connectivity index (χ3v) is 3.76. The molecule has 0 unspecified atom stereocenters. The molecule has 28 heavy (non-hydrogen) atoms. The monoisotopic (exact) mass is 386 g/mol. The number of benzene rings is 2. The fourth-order valence-corrected chi connectivity index (χ4v) is 2.51. The lowest BCUT2D eigenvalue weighted by molar-refractivity contribution is -0.132. The van der Waals surface area contributed by atoms with E-state index in [4.69, 9.17) is 19.7 Å². The fraction of sp³-hybridized carbons (Fsp3) is 0.100. The molecule has 146 valence electrons. The van der Waals surface area contributed by atoms with Crippen molar-refractivity contribution in [2.45, 2.75) is 0 Å². The summed E-state index contributed by atoms with van der Waals surface area (Å²) in [4.78, 5) is 21.6. The zero-order valence-corrected chi connectivity index (χ0v) is 15.0. The first-order chi connectivity index (χ1) is 13.3. The Labute approximate surface area is 160 Å². The van der Waals surface area contributed by atoms with Gasteiger partial charge in [-0.15, -0.1) is 0 Å². The number of phenols is 2. The van der Waals surface area contributed by atoms with Crippen LogP contribution in [-0.4, -0.2) is 46.6 Å². The average Bonchev–Trinajstić information content (AvgIpc) is 2.66. The Bertz CT molecular complexity index is 893. The van der Waals surface area contributed by atoms with E-state index in [1.165, 1.54) is 50.6 Å². The van der Waals surface area contributed by atoms with Crippen LogP contribution in [0.3, 0.4) is 0 Å². The topological polar surface area (TPSA) is 134 Å². The number of rotatable bonds is 7. The Morgan fingerprint density at radius 3 is 1.39 bits per heavy atom. The first-order valence-corrected chi connectivity index (χ1v) is 7.91. The number of hydrogen-bond acceptors (Lipinski definition) is 6. The van der Waals surface area contributed by atoms with E-state index in [1.54, 1.807) is 0 Å². The maximum Gasteiger partial charge on any atom is 0.328 e. The minimum Gasteiger partial charge on any atom is -0.504 e. The van der Waals surface area contributed by atoms with E-state index >= 15 is 0 Å². The second-order valence-electron chi connectivity index (χ2n) is 5.58. The summed E-state index contributed by atoms with van der Waals surface area (Å²) < 4.78 is 10.2. The molecule has 0 heterocycles. The predicted octanol–water partition coefficient (Wildman–Crippen LogP) is 2.98. The first kappa shape index (κ1) is 20.4. The molecule has 2 rings (SSSR count). The smallest absolute Gasteiger partial charge is 0.328 e. The maximum absolute atomic E-state index is 10.8. The van der Waals surface area contributed by atoms with Gasteiger partial charge in [-0.2, -0.15) is 0 Å². The van der Waals surface area contributed by atoms with Gasteiger partial charge >= 0.3 is 11.9 Å². The third kappa shape index (κ3) is 4.61. The molecule has 0 aliphatic heterocycles. The van der Waals surface area contributed by atoms with Crippen molar-refractivity contribution in [1.82, 2.24) is 0 Å². The molecule has 0 fully saturated rings. The number of ether oxygens (including phenoxy) is 2. The van der Waals surface area contributed by atoms with Gasteiger partial charge in [0, 0.05) is 23.3 Å². The van der Waals surface area contributed by atoms with Crippen LogP contribution in [-0.2, 0) is 9.59 Å². The number of phenolic OH excluding ortho intramolecular Hbond substituents is 2. The van der Waals surface area contributed by atoms with Crippen LogP contribution in [0, 0.1) is 0 Å². The number of carboxylic acid groups (broad SMARTS) is 2. The lowest BCUT2D eigenvalue weighted by Crippen LogP contribution is -1.93. The van der Waals surface area contributed by atoms with Crippen LogP contribution in [0.4, 0.5) is 0 Å². The summed E-state index contributed by atoms with van der Waals surface area (Å²) in [5.41, 5.74) is 1.09. The van der Waals surface area contributed by atoms with Gasteiger partial charge < -0.3 is 29.9 Å². The SMILES string of the molecule is COc1cc(C=CC(=O)O)cc(-c2cc(C=CC(=O)O)cc(OC)c2O)c1O. The molecule has 0 radical (unpaired) electrons. The fourth-order valence-electron chi connectivity index (χ4n) is 2.51. The van der Waals surface area contributed by atoms with Crippen molar-refractivity contribution in [3.63, 3.8) is 0 Å². The molecule has 2 aromatic rings. The van der Waals surface area contributed by atoms with E-state index in [1.807, 2.05) is 0 Å². The Hall–Kier alpha value is -3.94. The highest BCUT2D eigenvalue weighted by atomic mass is 16.5. The largest absolute Gasteiger partial charge is 0.504 e. The summed E-state index contributed by atoms with van der Waals surface area (Å²) in [5.74, 6) is -2.75. The van der Waals surface area contributed by atoms with Gasteiger partial charge in [0.05, 0.1) is 14.2 Å². The molecule has 0 bridgehead atoms. The minimum atomic E-state index is -1.15. The van der Waals surface area contributed by atoms with Crippen molar-refractivity contribution in [3.8, 4) is 34.1 Å². The maximum atomic E-state index is 10.8. The van der Waals surface area contributed by atoms with E-state index < -0.39 is 11.9 Å². The Morgan fingerprint density at radius 2 is 1.11 bits per heavy atom. The van der Waals surface area contributed by atoms with Crippen LogP contribution in [0.2, 0.25) is 0 Å². The van der Waals surface area contributed by atoms with Crippen molar-refractivity contribution in [3.05, 3.63) is 47.5 Å². The van der Waals surface area contributed by atoms with Crippen LogP contribution >= 0.6 is 0 Å². The molecule has 4 N–H and O–H groups in total. The summed E-state index contributed by atoms with van der Waals surface area (Å²) in [6.07, 6.45) is 4.44. The average molecular weight is 386 g/mol. The molecule has 0 aliphatic carbocycles. The van der Waals surface area contributed by atoms with E-state index in [0.717, 1.165) is 12.2 Å². The van der Waals surface area contributed by atoms with Gasteiger partial charge in [-0.25, -0.2) is 9.59 Å². The quantitative estimate of drug-likeness (QED) is 0.534. The normalized spacial score (nSPS) is 11.1. The highest BCUT2D eigenvalue weighted by molar-refractivity contribution is 5.89. The van der Waals surface area contributed by atoms with Crippen LogP contribution < -0.4 is 9.47 Å². The number of methoxy groups -OCH3 is 2. The van der Waals surface area contributed by atoms with Gasteiger partial charge in [0.25, 0.3) is 0 Å². The minimum absolute atomic E-state index is 0.0624. The summed E-state index contributed by atoms with van der Waals surface area (Å²) in [5, 5.41) is 38.7. The Kier molecular flexibility index (Phi) is 6.28. The summed E-state index contributed by atoms with van der Waals surface area (Å²) in [6.45, 7) is 0. The molecule has 0 spiro atoms. The molecule has 2 aromatic carbocycles. The van der Waals surface area contributed by atoms with Crippen molar-refractivity contribution in [1.29, 1.82) is 0 Å². The molecule has 0 atom stereocenters. The molecule has 0 aromatic heterocycles. The summed E-state index contributed by atoms with van der Waals surface area (Å²) >= 11 is 0. The molecule has 0 amide bonds. The molecule has 8 heteroatoms. The van der Waals surface area contributed by atoms with Gasteiger partial charge in [0.2, 0.25) is 0 Å². The van der Waals surface area contributed by atoms with Gasteiger partial charge in [-0.3, -0.25) is 0 Å². The lowest BCUT2D eigenvalue weighted by Gasteiger charge is -2.15. The van der Waals surface area contributed by atoms with Crippen LogP contribution in [0.15, 0.2) is 36.4 Å². The number of hydrogen-bond donors (Lipinski definition) is 4. The highest BCUT2D eigenvalue weighted by Crippen LogP contribution is 2.45. The number of aliphatic carboxylic acids is 2. The van der Waals surface area contributed by atoms with Crippen molar-refractivity contribution in [2.24, 2.45) is 0 Å². The summed E-state index contributed by atoms with van der Waals surface area (Å²) in [7, 11) is 2.66. The first-order valence-electron chi connectivity index (χ1n) is 7.91. The Balaban J connectivity index is 2.74. The van der Waals surface area contributed by atoms with E-state index in [2.05, 4.69) is 0 Å².